The topological polar surface area (TPSA) is 82.7 Å². The van der Waals surface area contributed by atoms with Gasteiger partial charge in [0.25, 0.3) is 0 Å². The molecule has 0 saturated heterocycles. The first-order chi connectivity index (χ1) is 19.9. The van der Waals surface area contributed by atoms with E-state index in [1.54, 1.807) is 35.9 Å². The molecule has 1 unspecified atom stereocenters. The third-order valence-corrected chi connectivity index (χ3v) is 9.23. The van der Waals surface area contributed by atoms with Crippen molar-refractivity contribution in [3.63, 3.8) is 0 Å². The number of halogens is 4. The van der Waals surface area contributed by atoms with Crippen molar-refractivity contribution in [3.05, 3.63) is 78.1 Å². The van der Waals surface area contributed by atoms with Gasteiger partial charge in [0.05, 0.1) is 33.2 Å². The fraction of sp³-hybridized carbons (Fsp3) is 0.300. The van der Waals surface area contributed by atoms with Gasteiger partial charge in [-0.25, -0.2) is 30.7 Å². The van der Waals surface area contributed by atoms with E-state index in [2.05, 4.69) is 21.9 Å². The first-order valence-electron chi connectivity index (χ1n) is 13.4. The van der Waals surface area contributed by atoms with Crippen LogP contribution in [0.15, 0.2) is 60.1 Å². The molecule has 0 spiro atoms. The van der Waals surface area contributed by atoms with E-state index in [-0.39, 0.29) is 48.0 Å². The van der Waals surface area contributed by atoms with Crippen molar-refractivity contribution >= 4 is 37.8 Å². The van der Waals surface area contributed by atoms with Gasteiger partial charge >= 0.3 is 0 Å². The summed E-state index contributed by atoms with van der Waals surface area (Å²) in [4.78, 5) is 4.19. The fourth-order valence-electron chi connectivity index (χ4n) is 6.21. The molecule has 2 aromatic carbocycles. The second-order valence-electron chi connectivity index (χ2n) is 10.8. The molecule has 218 valence electrons. The summed E-state index contributed by atoms with van der Waals surface area (Å²) in [6, 6.07) is 10.6. The Morgan fingerprint density at radius 3 is 2.45 bits per heavy atom. The number of pyridine rings is 1. The van der Waals surface area contributed by atoms with E-state index in [1.165, 1.54) is 17.0 Å². The smallest absolute Gasteiger partial charge is 0.248 e. The SMILES string of the molecule is C=Cc1nnn(C)c1-c1cnc2c3c(S(C)(=O)=O)cc(F)c(F)c3n(C(c3ccccc3)C3CCC(F)(F)CC3)c2c1. The molecule has 0 N–H and O–H groups in total. The molecule has 7 nitrogen and oxygen atoms in total. The summed E-state index contributed by atoms with van der Waals surface area (Å²) in [6.45, 7) is 3.79. The molecule has 1 atom stereocenters. The van der Waals surface area contributed by atoms with E-state index in [1.807, 2.05) is 12.1 Å². The van der Waals surface area contributed by atoms with E-state index < -0.39 is 38.3 Å². The lowest BCUT2D eigenvalue weighted by Crippen LogP contribution is -2.30. The molecule has 1 saturated carbocycles. The van der Waals surface area contributed by atoms with Crippen LogP contribution in [0.5, 0.6) is 0 Å². The van der Waals surface area contributed by atoms with E-state index in [0.717, 1.165) is 6.26 Å². The number of aromatic nitrogens is 5. The van der Waals surface area contributed by atoms with Gasteiger partial charge in [-0.1, -0.05) is 42.1 Å². The van der Waals surface area contributed by atoms with Gasteiger partial charge in [-0.3, -0.25) is 4.98 Å². The zero-order valence-corrected chi connectivity index (χ0v) is 23.7. The highest BCUT2D eigenvalue weighted by Gasteiger charge is 2.40. The first-order valence-corrected chi connectivity index (χ1v) is 15.3. The minimum absolute atomic E-state index is 0.0629. The third kappa shape index (κ3) is 4.57. The van der Waals surface area contributed by atoms with E-state index in [0.29, 0.717) is 34.1 Å². The van der Waals surface area contributed by atoms with Crippen LogP contribution >= 0.6 is 0 Å². The second-order valence-corrected chi connectivity index (χ2v) is 12.8. The quantitative estimate of drug-likeness (QED) is 0.160. The Hall–Kier alpha value is -4.06. The molecule has 1 aliphatic carbocycles. The van der Waals surface area contributed by atoms with Gasteiger partial charge < -0.3 is 4.57 Å². The number of hydrogen-bond acceptors (Lipinski definition) is 5. The summed E-state index contributed by atoms with van der Waals surface area (Å²) >= 11 is 0. The molecule has 42 heavy (non-hydrogen) atoms. The summed E-state index contributed by atoms with van der Waals surface area (Å²) in [5, 5.41) is 8.09. The molecule has 3 heterocycles. The average Bonchev–Trinajstić information content (AvgIpc) is 3.49. The summed E-state index contributed by atoms with van der Waals surface area (Å²) < 4.78 is 88.7. The van der Waals surface area contributed by atoms with Crippen LogP contribution in [-0.4, -0.2) is 45.1 Å². The number of hydrogen-bond donors (Lipinski definition) is 0. The highest BCUT2D eigenvalue weighted by Crippen LogP contribution is 2.47. The molecule has 3 aromatic heterocycles. The van der Waals surface area contributed by atoms with Crippen molar-refractivity contribution < 1.29 is 26.0 Å². The molecular weight excluding hydrogens is 570 g/mol. The maximum atomic E-state index is 16.0. The highest BCUT2D eigenvalue weighted by molar-refractivity contribution is 7.91. The van der Waals surface area contributed by atoms with Crippen LogP contribution in [0.2, 0.25) is 0 Å². The van der Waals surface area contributed by atoms with Crippen molar-refractivity contribution in [2.45, 2.75) is 42.5 Å². The Bertz CT molecular complexity index is 1960. The van der Waals surface area contributed by atoms with E-state index >= 15 is 8.78 Å². The number of nitrogens with zero attached hydrogens (tertiary/aromatic N) is 5. The lowest BCUT2D eigenvalue weighted by atomic mass is 9.79. The third-order valence-electron chi connectivity index (χ3n) is 8.11. The Labute approximate surface area is 239 Å². The number of aryl methyl sites for hydroxylation is 1. The fourth-order valence-corrected chi connectivity index (χ4v) is 7.09. The molecule has 0 amide bonds. The highest BCUT2D eigenvalue weighted by atomic mass is 32.2. The summed E-state index contributed by atoms with van der Waals surface area (Å²) in [5.74, 6) is -5.78. The zero-order chi connectivity index (χ0) is 30.0. The number of fused-ring (bicyclic) bond motifs is 3. The van der Waals surface area contributed by atoms with Gasteiger partial charge in [-0.15, -0.1) is 5.10 Å². The lowest BCUT2D eigenvalue weighted by molar-refractivity contribution is -0.0493. The molecule has 1 aliphatic rings. The van der Waals surface area contributed by atoms with Crippen molar-refractivity contribution in [1.29, 1.82) is 0 Å². The largest absolute Gasteiger partial charge is 0.329 e. The standard InChI is InChI=1S/C30H27F4N5O2S/c1-4-21-28(38(2)37-36-21)19-14-22-26(35-16-19)24-23(42(3,40)41)15-20(31)25(32)29(24)39(22)27(17-8-6-5-7-9-17)18-10-12-30(33,34)13-11-18/h4-9,14-16,18,27H,1,10-13H2,2-3H3. The van der Waals surface area contributed by atoms with Crippen molar-refractivity contribution in [2.24, 2.45) is 13.0 Å². The number of alkyl halides is 2. The van der Waals surface area contributed by atoms with Crippen LogP contribution in [0.25, 0.3) is 39.3 Å². The minimum atomic E-state index is -4.04. The molecular formula is C30H27F4N5O2S. The summed E-state index contributed by atoms with van der Waals surface area (Å²) in [7, 11) is -2.36. The summed E-state index contributed by atoms with van der Waals surface area (Å²) in [5.41, 5.74) is 2.41. The van der Waals surface area contributed by atoms with Gasteiger partial charge in [-0.05, 0) is 42.5 Å². The van der Waals surface area contributed by atoms with Crippen molar-refractivity contribution in [3.8, 4) is 11.3 Å². The van der Waals surface area contributed by atoms with Gasteiger partial charge in [0.1, 0.15) is 5.69 Å². The molecule has 6 rings (SSSR count). The Morgan fingerprint density at radius 1 is 1.12 bits per heavy atom. The molecule has 0 bridgehead atoms. The molecule has 5 aromatic rings. The Kier molecular flexibility index (Phi) is 6.71. The normalized spacial score (nSPS) is 16.7. The van der Waals surface area contributed by atoms with Gasteiger partial charge in [0, 0.05) is 43.3 Å². The number of benzene rings is 2. The van der Waals surface area contributed by atoms with Crippen molar-refractivity contribution in [2.75, 3.05) is 6.26 Å². The van der Waals surface area contributed by atoms with Crippen LogP contribution < -0.4 is 0 Å². The number of rotatable bonds is 6. The summed E-state index contributed by atoms with van der Waals surface area (Å²) in [6.07, 6.45) is 3.49. The minimum Gasteiger partial charge on any atom is -0.329 e. The average molecular weight is 598 g/mol. The maximum absolute atomic E-state index is 16.0. The van der Waals surface area contributed by atoms with Crippen LogP contribution in [0.4, 0.5) is 17.6 Å². The van der Waals surface area contributed by atoms with Gasteiger partial charge in [-0.2, -0.15) is 0 Å². The second kappa shape index (κ2) is 10.0. The van der Waals surface area contributed by atoms with Crippen molar-refractivity contribution in [1.82, 2.24) is 24.5 Å². The predicted octanol–water partition coefficient (Wildman–Crippen LogP) is 6.72. The van der Waals surface area contributed by atoms with Crippen LogP contribution in [-0.2, 0) is 16.9 Å². The van der Waals surface area contributed by atoms with Crippen LogP contribution in [0, 0.1) is 17.6 Å². The molecule has 1 fully saturated rings. The maximum Gasteiger partial charge on any atom is 0.248 e. The number of sulfone groups is 1. The van der Waals surface area contributed by atoms with E-state index in [9.17, 15) is 17.2 Å². The zero-order valence-electron chi connectivity index (χ0n) is 22.9. The van der Waals surface area contributed by atoms with E-state index in [4.69, 9.17) is 0 Å². The Balaban J connectivity index is 1.76. The van der Waals surface area contributed by atoms with Gasteiger partial charge in [0.15, 0.2) is 21.5 Å². The van der Waals surface area contributed by atoms with Crippen LogP contribution in [0.3, 0.4) is 0 Å². The lowest BCUT2D eigenvalue weighted by Gasteiger charge is -2.35. The Morgan fingerprint density at radius 2 is 1.81 bits per heavy atom. The van der Waals surface area contributed by atoms with Crippen LogP contribution in [0.1, 0.15) is 43.0 Å². The predicted molar refractivity (Wildman–Crippen MR) is 152 cm³/mol. The van der Waals surface area contributed by atoms with Gasteiger partial charge in [0.2, 0.25) is 5.92 Å². The molecule has 12 heteroatoms. The first kappa shape index (κ1) is 28.1. The molecule has 0 radical (unpaired) electrons. The monoisotopic (exact) mass is 597 g/mol. The molecule has 0 aliphatic heterocycles.